The first-order chi connectivity index (χ1) is 8.16. The van der Waals surface area contributed by atoms with Crippen LogP contribution in [0.5, 0.6) is 0 Å². The summed E-state index contributed by atoms with van der Waals surface area (Å²) in [6.45, 7) is 7.19. The molecule has 0 aromatic carbocycles. The second-order valence-corrected chi connectivity index (χ2v) is 5.38. The Morgan fingerprint density at radius 1 is 1.12 bits per heavy atom. The first-order valence-electron chi connectivity index (χ1n) is 6.80. The van der Waals surface area contributed by atoms with Gasteiger partial charge in [-0.3, -0.25) is 4.84 Å². The summed E-state index contributed by atoms with van der Waals surface area (Å²) in [4.78, 5) is 5.90. The Hall–Kier alpha value is -1.05. The number of hydrogen-bond donors (Lipinski definition) is 0. The van der Waals surface area contributed by atoms with Gasteiger partial charge >= 0.3 is 0 Å². The highest BCUT2D eigenvalue weighted by molar-refractivity contribution is 5.13. The second-order valence-electron chi connectivity index (χ2n) is 5.38. The summed E-state index contributed by atoms with van der Waals surface area (Å²) in [7, 11) is 0. The van der Waals surface area contributed by atoms with Crippen molar-refractivity contribution in [1.82, 2.24) is 0 Å². The highest BCUT2D eigenvalue weighted by Crippen LogP contribution is 2.26. The summed E-state index contributed by atoms with van der Waals surface area (Å²) in [6, 6.07) is 4.34. The molecular formula is C15H24NO+. The molecule has 1 heterocycles. The lowest BCUT2D eigenvalue weighted by Crippen LogP contribution is -2.48. The summed E-state index contributed by atoms with van der Waals surface area (Å²) >= 11 is 0. The van der Waals surface area contributed by atoms with Crippen LogP contribution in [0.15, 0.2) is 12.1 Å². The van der Waals surface area contributed by atoms with Gasteiger partial charge in [-0.25, -0.2) is 0 Å². The monoisotopic (exact) mass is 234 g/mol. The maximum absolute atomic E-state index is 5.90. The summed E-state index contributed by atoms with van der Waals surface area (Å²) < 4.78 is 1.97. The maximum Gasteiger partial charge on any atom is 0.231 e. The number of pyridine rings is 1. The predicted octanol–water partition coefficient (Wildman–Crippen LogP) is 2.91. The molecular weight excluding hydrogens is 210 g/mol. The Labute approximate surface area is 105 Å². The molecule has 2 heteroatoms. The fraction of sp³-hybridized carbons (Fsp3) is 0.667. The summed E-state index contributed by atoms with van der Waals surface area (Å²) in [6.07, 6.45) is 6.85. The highest BCUT2D eigenvalue weighted by Gasteiger charge is 2.17. The van der Waals surface area contributed by atoms with Gasteiger partial charge in [0.1, 0.15) is 0 Å². The van der Waals surface area contributed by atoms with E-state index in [9.17, 15) is 0 Å². The van der Waals surface area contributed by atoms with Crippen LogP contribution in [0.25, 0.3) is 0 Å². The molecule has 94 valence electrons. The van der Waals surface area contributed by atoms with Crippen LogP contribution in [0.2, 0.25) is 0 Å². The van der Waals surface area contributed by atoms with E-state index in [0.717, 1.165) is 12.5 Å². The molecule has 0 N–H and O–H groups in total. The molecule has 0 bridgehead atoms. The number of nitrogens with zero attached hydrogens (tertiary/aromatic N) is 1. The Balaban J connectivity index is 1.89. The molecule has 0 radical (unpaired) electrons. The van der Waals surface area contributed by atoms with Gasteiger partial charge in [-0.05, 0) is 24.8 Å². The van der Waals surface area contributed by atoms with E-state index in [1.54, 1.807) is 0 Å². The Bertz CT molecular complexity index is 358. The SMILES string of the molecule is Cc1cc(C)[n+](OCCC2CCCC2)c(C)c1. The zero-order chi connectivity index (χ0) is 12.3. The molecule has 0 aliphatic heterocycles. The van der Waals surface area contributed by atoms with E-state index in [-0.39, 0.29) is 0 Å². The fourth-order valence-corrected chi connectivity index (χ4v) is 2.91. The van der Waals surface area contributed by atoms with E-state index in [1.807, 2.05) is 4.73 Å². The smallest absolute Gasteiger partial charge is 0.231 e. The summed E-state index contributed by atoms with van der Waals surface area (Å²) in [5.41, 5.74) is 3.68. The quantitative estimate of drug-likeness (QED) is 0.730. The third kappa shape index (κ3) is 3.21. The Morgan fingerprint density at radius 3 is 2.29 bits per heavy atom. The van der Waals surface area contributed by atoms with Gasteiger partial charge in [0.25, 0.3) is 0 Å². The molecule has 1 saturated carbocycles. The van der Waals surface area contributed by atoms with Crippen LogP contribution < -0.4 is 9.57 Å². The van der Waals surface area contributed by atoms with Crippen LogP contribution >= 0.6 is 0 Å². The zero-order valence-electron chi connectivity index (χ0n) is 11.3. The van der Waals surface area contributed by atoms with Gasteiger partial charge in [-0.2, -0.15) is 0 Å². The molecule has 2 nitrogen and oxygen atoms in total. The lowest BCUT2D eigenvalue weighted by Gasteiger charge is -2.08. The van der Waals surface area contributed by atoms with Gasteiger partial charge < -0.3 is 0 Å². The maximum atomic E-state index is 5.90. The van der Waals surface area contributed by atoms with E-state index in [0.29, 0.717) is 0 Å². The summed E-state index contributed by atoms with van der Waals surface area (Å²) in [5.74, 6) is 0.904. The number of aryl methyl sites for hydroxylation is 3. The minimum atomic E-state index is 0.847. The van der Waals surface area contributed by atoms with Crippen molar-refractivity contribution >= 4 is 0 Å². The van der Waals surface area contributed by atoms with Crippen molar-refractivity contribution in [2.75, 3.05) is 6.61 Å². The topological polar surface area (TPSA) is 13.1 Å². The third-order valence-corrected chi connectivity index (χ3v) is 3.74. The van der Waals surface area contributed by atoms with Crippen LogP contribution in [0.4, 0.5) is 0 Å². The van der Waals surface area contributed by atoms with Gasteiger partial charge in [0.05, 0.1) is 0 Å². The standard InChI is InChI=1S/C15H24NO/c1-12-10-13(2)16(14(3)11-12)17-9-8-15-6-4-5-7-15/h10-11,15H,4-9H2,1-3H3/q+1. The van der Waals surface area contributed by atoms with Crippen LogP contribution in [-0.4, -0.2) is 6.61 Å². The highest BCUT2D eigenvalue weighted by atomic mass is 16.7. The van der Waals surface area contributed by atoms with Gasteiger partial charge in [0, 0.05) is 30.7 Å². The first kappa shape index (κ1) is 12.4. The average molecular weight is 234 g/mol. The molecule has 1 fully saturated rings. The van der Waals surface area contributed by atoms with E-state index < -0.39 is 0 Å². The van der Waals surface area contributed by atoms with Crippen molar-refractivity contribution in [3.63, 3.8) is 0 Å². The van der Waals surface area contributed by atoms with E-state index >= 15 is 0 Å². The van der Waals surface area contributed by atoms with Crippen molar-refractivity contribution in [1.29, 1.82) is 0 Å². The molecule has 2 rings (SSSR count). The number of hydrogen-bond acceptors (Lipinski definition) is 1. The van der Waals surface area contributed by atoms with Crippen molar-refractivity contribution in [3.05, 3.63) is 29.1 Å². The molecule has 17 heavy (non-hydrogen) atoms. The normalized spacial score (nSPS) is 16.4. The van der Waals surface area contributed by atoms with Crippen LogP contribution in [0, 0.1) is 26.7 Å². The minimum Gasteiger partial charge on any atom is -0.271 e. The van der Waals surface area contributed by atoms with Gasteiger partial charge in [0.2, 0.25) is 11.4 Å². The van der Waals surface area contributed by atoms with Gasteiger partial charge in [0.15, 0.2) is 6.61 Å². The number of rotatable bonds is 4. The zero-order valence-corrected chi connectivity index (χ0v) is 11.3. The van der Waals surface area contributed by atoms with E-state index in [2.05, 4.69) is 32.9 Å². The summed E-state index contributed by atoms with van der Waals surface area (Å²) in [5, 5.41) is 0. The molecule has 0 unspecified atom stereocenters. The second kappa shape index (κ2) is 5.52. The van der Waals surface area contributed by atoms with Crippen molar-refractivity contribution in [3.8, 4) is 0 Å². The Kier molecular flexibility index (Phi) is 4.03. The molecule has 0 spiro atoms. The molecule has 1 aromatic heterocycles. The molecule has 1 aromatic rings. The Morgan fingerprint density at radius 2 is 1.71 bits per heavy atom. The molecule has 0 amide bonds. The average Bonchev–Trinajstić information content (AvgIpc) is 2.74. The molecule has 0 atom stereocenters. The van der Waals surface area contributed by atoms with Gasteiger partial charge in [-0.1, -0.05) is 25.7 Å². The van der Waals surface area contributed by atoms with Crippen molar-refractivity contribution in [2.45, 2.75) is 52.9 Å². The van der Waals surface area contributed by atoms with Crippen molar-refractivity contribution in [2.24, 2.45) is 5.92 Å². The van der Waals surface area contributed by atoms with Crippen LogP contribution in [0.1, 0.15) is 49.1 Å². The molecule has 0 saturated heterocycles. The third-order valence-electron chi connectivity index (χ3n) is 3.74. The first-order valence-corrected chi connectivity index (χ1v) is 6.80. The molecule has 1 aliphatic carbocycles. The predicted molar refractivity (Wildman–Crippen MR) is 68.9 cm³/mol. The fourth-order valence-electron chi connectivity index (χ4n) is 2.91. The van der Waals surface area contributed by atoms with E-state index in [1.165, 1.54) is 49.1 Å². The molecule has 1 aliphatic rings. The number of aromatic nitrogens is 1. The van der Waals surface area contributed by atoms with Crippen molar-refractivity contribution < 1.29 is 9.57 Å². The van der Waals surface area contributed by atoms with E-state index in [4.69, 9.17) is 4.84 Å². The van der Waals surface area contributed by atoms with Crippen LogP contribution in [-0.2, 0) is 0 Å². The lowest BCUT2D eigenvalue weighted by molar-refractivity contribution is -0.899. The minimum absolute atomic E-state index is 0.847. The largest absolute Gasteiger partial charge is 0.271 e. The van der Waals surface area contributed by atoms with Crippen LogP contribution in [0.3, 0.4) is 0 Å². The lowest BCUT2D eigenvalue weighted by atomic mass is 10.1. The van der Waals surface area contributed by atoms with Gasteiger partial charge in [-0.15, -0.1) is 0 Å².